The molecule has 3 aromatic carbocycles. The van der Waals surface area contributed by atoms with Crippen molar-refractivity contribution in [3.63, 3.8) is 0 Å². The summed E-state index contributed by atoms with van der Waals surface area (Å²) in [5, 5.41) is 10.2. The lowest BCUT2D eigenvalue weighted by Gasteiger charge is -2.42. The first kappa shape index (κ1) is 23.1. The van der Waals surface area contributed by atoms with Crippen LogP contribution in [0.1, 0.15) is 24.1 Å². The number of benzene rings is 3. The third-order valence-electron chi connectivity index (χ3n) is 7.69. The molecule has 1 N–H and O–H groups in total. The summed E-state index contributed by atoms with van der Waals surface area (Å²) >= 11 is 0. The fraction of sp³-hybridized carbons (Fsp3) is 0.194. The van der Waals surface area contributed by atoms with Crippen LogP contribution in [0.5, 0.6) is 0 Å². The molecule has 1 aromatic heterocycles. The van der Waals surface area contributed by atoms with Crippen LogP contribution in [0.3, 0.4) is 0 Å². The largest absolute Gasteiger partial charge is 0.480 e. The number of hydrogen-bond acceptors (Lipinski definition) is 4. The SMILES string of the molecule is O=C(O)C1CC2(CCN1Cc1ccccn1)C(=O)N(c1ccc(-c3ccccc3)cc1)c1ccccc12. The molecule has 2 aliphatic heterocycles. The number of para-hydroxylation sites is 1. The minimum absolute atomic E-state index is 0.0510. The van der Waals surface area contributed by atoms with Crippen molar-refractivity contribution in [3.8, 4) is 11.1 Å². The molecule has 0 saturated carbocycles. The Labute approximate surface area is 215 Å². The highest BCUT2D eigenvalue weighted by Crippen LogP contribution is 2.52. The second kappa shape index (κ2) is 9.30. The normalized spacial score (nSPS) is 21.2. The van der Waals surface area contributed by atoms with Crippen LogP contribution in [-0.4, -0.2) is 39.5 Å². The van der Waals surface area contributed by atoms with Crippen molar-refractivity contribution in [2.24, 2.45) is 0 Å². The molecule has 1 amide bonds. The van der Waals surface area contributed by atoms with Gasteiger partial charge in [-0.2, -0.15) is 0 Å². The predicted molar refractivity (Wildman–Crippen MR) is 142 cm³/mol. The summed E-state index contributed by atoms with van der Waals surface area (Å²) in [7, 11) is 0. The number of aliphatic carboxylic acids is 1. The second-order valence-electron chi connectivity index (χ2n) is 9.75. The number of anilines is 2. The van der Waals surface area contributed by atoms with Crippen molar-refractivity contribution in [1.29, 1.82) is 0 Å². The maximum atomic E-state index is 14.2. The summed E-state index contributed by atoms with van der Waals surface area (Å²) in [6.45, 7) is 0.933. The maximum Gasteiger partial charge on any atom is 0.320 e. The fourth-order valence-corrected chi connectivity index (χ4v) is 5.82. The van der Waals surface area contributed by atoms with E-state index in [1.165, 1.54) is 0 Å². The smallest absolute Gasteiger partial charge is 0.320 e. The Kier molecular flexibility index (Phi) is 5.81. The first-order valence-electron chi connectivity index (χ1n) is 12.5. The molecule has 0 radical (unpaired) electrons. The van der Waals surface area contributed by atoms with Gasteiger partial charge < -0.3 is 5.11 Å². The molecular weight excluding hydrogens is 462 g/mol. The Hall–Kier alpha value is -4.29. The Bertz CT molecular complexity index is 1440. The molecule has 3 heterocycles. The summed E-state index contributed by atoms with van der Waals surface area (Å²) in [6.07, 6.45) is 2.50. The van der Waals surface area contributed by atoms with Crippen LogP contribution < -0.4 is 4.90 Å². The van der Waals surface area contributed by atoms with E-state index < -0.39 is 17.4 Å². The summed E-state index contributed by atoms with van der Waals surface area (Å²) in [5.41, 5.74) is 4.67. The minimum atomic E-state index is -0.911. The first-order chi connectivity index (χ1) is 18.1. The highest BCUT2D eigenvalue weighted by atomic mass is 16.4. The number of hydrogen-bond donors (Lipinski definition) is 1. The van der Waals surface area contributed by atoms with E-state index in [9.17, 15) is 14.7 Å². The van der Waals surface area contributed by atoms with E-state index in [0.717, 1.165) is 33.8 Å². The number of piperidine rings is 1. The van der Waals surface area contributed by atoms with Crippen LogP contribution in [-0.2, 0) is 21.5 Å². The zero-order valence-electron chi connectivity index (χ0n) is 20.3. The van der Waals surface area contributed by atoms with Crippen LogP contribution in [0.15, 0.2) is 103 Å². The number of carboxylic acids is 1. The van der Waals surface area contributed by atoms with Gasteiger partial charge in [-0.3, -0.25) is 24.4 Å². The molecule has 184 valence electrons. The molecular formula is C31H27N3O3. The van der Waals surface area contributed by atoms with E-state index in [-0.39, 0.29) is 12.3 Å². The number of pyridine rings is 1. The lowest BCUT2D eigenvalue weighted by atomic mass is 9.71. The molecule has 0 aliphatic carbocycles. The fourth-order valence-electron chi connectivity index (χ4n) is 5.82. The monoisotopic (exact) mass is 489 g/mol. The number of carbonyl (C=O) groups excluding carboxylic acids is 1. The number of likely N-dealkylation sites (tertiary alicyclic amines) is 1. The predicted octanol–water partition coefficient (Wildman–Crippen LogP) is 5.41. The van der Waals surface area contributed by atoms with Crippen LogP contribution in [0.25, 0.3) is 11.1 Å². The lowest BCUT2D eigenvalue weighted by Crippen LogP contribution is -2.55. The minimum Gasteiger partial charge on any atom is -0.480 e. The quantitative estimate of drug-likeness (QED) is 0.406. The Morgan fingerprint density at radius 1 is 0.892 bits per heavy atom. The van der Waals surface area contributed by atoms with E-state index in [1.54, 1.807) is 11.1 Å². The van der Waals surface area contributed by atoms with E-state index >= 15 is 0 Å². The van der Waals surface area contributed by atoms with E-state index in [4.69, 9.17) is 0 Å². The third kappa shape index (κ3) is 3.99. The van der Waals surface area contributed by atoms with Crippen molar-refractivity contribution in [2.75, 3.05) is 11.4 Å². The second-order valence-corrected chi connectivity index (χ2v) is 9.75. The number of carbonyl (C=O) groups is 2. The molecule has 6 rings (SSSR count). The molecule has 0 bridgehead atoms. The zero-order valence-corrected chi connectivity index (χ0v) is 20.3. The van der Waals surface area contributed by atoms with Crippen LogP contribution in [0, 0.1) is 0 Å². The van der Waals surface area contributed by atoms with Crippen molar-refractivity contribution < 1.29 is 14.7 Å². The van der Waals surface area contributed by atoms with Gasteiger partial charge in [-0.25, -0.2) is 0 Å². The average Bonchev–Trinajstić information content (AvgIpc) is 3.18. The third-order valence-corrected chi connectivity index (χ3v) is 7.69. The van der Waals surface area contributed by atoms with Gasteiger partial charge in [-0.1, -0.05) is 66.7 Å². The topological polar surface area (TPSA) is 73.7 Å². The van der Waals surface area contributed by atoms with Gasteiger partial charge in [-0.15, -0.1) is 0 Å². The Morgan fingerprint density at radius 2 is 1.59 bits per heavy atom. The summed E-state index contributed by atoms with van der Waals surface area (Å²) in [4.78, 5) is 34.8. The number of aromatic nitrogens is 1. The van der Waals surface area contributed by atoms with E-state index in [2.05, 4.69) is 17.1 Å². The molecule has 1 saturated heterocycles. The van der Waals surface area contributed by atoms with Crippen molar-refractivity contribution in [2.45, 2.75) is 30.8 Å². The zero-order chi connectivity index (χ0) is 25.4. The highest BCUT2D eigenvalue weighted by molar-refractivity contribution is 6.13. The highest BCUT2D eigenvalue weighted by Gasteiger charge is 2.55. The Balaban J connectivity index is 1.34. The van der Waals surface area contributed by atoms with Crippen molar-refractivity contribution in [1.82, 2.24) is 9.88 Å². The van der Waals surface area contributed by atoms with Crippen molar-refractivity contribution in [3.05, 3.63) is 115 Å². The maximum absolute atomic E-state index is 14.2. The molecule has 2 atom stereocenters. The van der Waals surface area contributed by atoms with Gasteiger partial charge in [0.25, 0.3) is 0 Å². The van der Waals surface area contributed by atoms with Gasteiger partial charge in [0.2, 0.25) is 5.91 Å². The van der Waals surface area contributed by atoms with Gasteiger partial charge in [-0.05, 0) is 59.9 Å². The average molecular weight is 490 g/mol. The van der Waals surface area contributed by atoms with Gasteiger partial charge in [0.1, 0.15) is 6.04 Å². The number of nitrogens with zero attached hydrogens (tertiary/aromatic N) is 3. The summed E-state index contributed by atoms with van der Waals surface area (Å²) in [6, 6.07) is 30.8. The number of carboxylic acid groups (broad SMARTS) is 1. The van der Waals surface area contributed by atoms with Gasteiger partial charge >= 0.3 is 5.97 Å². The van der Waals surface area contributed by atoms with Crippen molar-refractivity contribution >= 4 is 23.3 Å². The molecule has 4 aromatic rings. The first-order valence-corrected chi connectivity index (χ1v) is 12.5. The van der Waals surface area contributed by atoms with E-state index in [0.29, 0.717) is 19.5 Å². The molecule has 6 heteroatoms. The molecule has 37 heavy (non-hydrogen) atoms. The molecule has 2 aliphatic rings. The Morgan fingerprint density at radius 3 is 2.32 bits per heavy atom. The standard InChI is InChI=1S/C31H27N3O3/c35-29(36)28-20-31(17-19-33(28)21-24-10-6-7-18-32-24)26-11-4-5-12-27(26)34(30(31)37)25-15-13-23(14-16-25)22-8-2-1-3-9-22/h1-16,18,28H,17,19-21H2,(H,35,36). The van der Waals surface area contributed by atoms with Crippen LogP contribution >= 0.6 is 0 Å². The van der Waals surface area contributed by atoms with Gasteiger partial charge in [0, 0.05) is 25.0 Å². The number of amides is 1. The van der Waals surface area contributed by atoms with Gasteiger partial charge in [0.05, 0.1) is 16.8 Å². The van der Waals surface area contributed by atoms with Gasteiger partial charge in [0.15, 0.2) is 0 Å². The summed E-state index contributed by atoms with van der Waals surface area (Å²) in [5.74, 6) is -0.962. The summed E-state index contributed by atoms with van der Waals surface area (Å²) < 4.78 is 0. The number of fused-ring (bicyclic) bond motifs is 2. The van der Waals surface area contributed by atoms with Crippen LogP contribution in [0.2, 0.25) is 0 Å². The molecule has 1 fully saturated rings. The number of rotatable bonds is 5. The van der Waals surface area contributed by atoms with E-state index in [1.807, 2.05) is 89.8 Å². The lowest BCUT2D eigenvalue weighted by molar-refractivity contribution is -0.147. The van der Waals surface area contributed by atoms with Crippen LogP contribution in [0.4, 0.5) is 11.4 Å². The molecule has 1 spiro atoms. The molecule has 2 unspecified atom stereocenters. The molecule has 6 nitrogen and oxygen atoms in total.